The standard InChI is InChI=1S/C13H18F3N/c1-8(2)12(9(3)17)10-6-4-5-7-11(10)13(14,15)16/h4-9,12H,17H2,1-3H3. The van der Waals surface area contributed by atoms with Crippen molar-refractivity contribution in [1.82, 2.24) is 0 Å². The van der Waals surface area contributed by atoms with Crippen LogP contribution < -0.4 is 5.73 Å². The second-order valence-corrected chi connectivity index (χ2v) is 4.71. The number of rotatable bonds is 3. The van der Waals surface area contributed by atoms with Crippen LogP contribution in [0.1, 0.15) is 37.8 Å². The van der Waals surface area contributed by atoms with Gasteiger partial charge in [0.25, 0.3) is 0 Å². The smallest absolute Gasteiger partial charge is 0.327 e. The molecule has 1 aromatic carbocycles. The van der Waals surface area contributed by atoms with E-state index in [4.69, 9.17) is 5.73 Å². The van der Waals surface area contributed by atoms with Crippen molar-refractivity contribution in [3.05, 3.63) is 35.4 Å². The van der Waals surface area contributed by atoms with E-state index in [1.165, 1.54) is 12.1 Å². The fourth-order valence-electron chi connectivity index (χ4n) is 2.30. The summed E-state index contributed by atoms with van der Waals surface area (Å²) in [5.41, 5.74) is 5.54. The van der Waals surface area contributed by atoms with Gasteiger partial charge in [0.2, 0.25) is 0 Å². The molecule has 0 saturated heterocycles. The number of hydrogen-bond acceptors (Lipinski definition) is 1. The Hall–Kier alpha value is -1.03. The normalized spacial score (nSPS) is 16.0. The first-order chi connectivity index (χ1) is 7.75. The first-order valence-electron chi connectivity index (χ1n) is 5.67. The van der Waals surface area contributed by atoms with Crippen molar-refractivity contribution in [1.29, 1.82) is 0 Å². The minimum absolute atomic E-state index is 0.0681. The van der Waals surface area contributed by atoms with Gasteiger partial charge in [-0.05, 0) is 24.5 Å². The summed E-state index contributed by atoms with van der Waals surface area (Å²) in [7, 11) is 0. The van der Waals surface area contributed by atoms with Gasteiger partial charge >= 0.3 is 6.18 Å². The molecule has 2 atom stereocenters. The van der Waals surface area contributed by atoms with E-state index in [2.05, 4.69) is 0 Å². The topological polar surface area (TPSA) is 26.0 Å². The molecule has 0 aliphatic heterocycles. The minimum atomic E-state index is -4.32. The maximum atomic E-state index is 12.9. The summed E-state index contributed by atoms with van der Waals surface area (Å²) >= 11 is 0. The van der Waals surface area contributed by atoms with Crippen molar-refractivity contribution in [2.75, 3.05) is 0 Å². The summed E-state index contributed by atoms with van der Waals surface area (Å²) in [5, 5.41) is 0. The molecule has 0 bridgehead atoms. The molecule has 2 unspecified atom stereocenters. The van der Waals surface area contributed by atoms with Crippen molar-refractivity contribution >= 4 is 0 Å². The van der Waals surface area contributed by atoms with Gasteiger partial charge in [-0.1, -0.05) is 32.0 Å². The predicted molar refractivity (Wildman–Crippen MR) is 62.7 cm³/mol. The summed E-state index contributed by atoms with van der Waals surface area (Å²) in [6.45, 7) is 5.53. The first kappa shape index (κ1) is 14.0. The summed E-state index contributed by atoms with van der Waals surface area (Å²) in [6.07, 6.45) is -4.32. The molecular weight excluding hydrogens is 227 g/mol. The van der Waals surface area contributed by atoms with Crippen LogP contribution in [0.3, 0.4) is 0 Å². The van der Waals surface area contributed by atoms with E-state index in [-0.39, 0.29) is 17.9 Å². The molecule has 1 rings (SSSR count). The van der Waals surface area contributed by atoms with Crippen LogP contribution in [0.4, 0.5) is 13.2 Å². The summed E-state index contributed by atoms with van der Waals surface area (Å²) < 4.78 is 38.7. The zero-order chi connectivity index (χ0) is 13.2. The van der Waals surface area contributed by atoms with Crippen LogP contribution >= 0.6 is 0 Å². The molecule has 0 radical (unpaired) electrons. The molecular formula is C13H18F3N. The van der Waals surface area contributed by atoms with Gasteiger partial charge in [-0.2, -0.15) is 13.2 Å². The Kier molecular flexibility index (Phi) is 4.20. The molecule has 0 spiro atoms. The van der Waals surface area contributed by atoms with Crippen LogP contribution in [0.15, 0.2) is 24.3 Å². The molecule has 0 fully saturated rings. The monoisotopic (exact) mass is 245 g/mol. The van der Waals surface area contributed by atoms with Gasteiger partial charge in [0, 0.05) is 12.0 Å². The fourth-order valence-corrected chi connectivity index (χ4v) is 2.30. The third kappa shape index (κ3) is 3.22. The van der Waals surface area contributed by atoms with E-state index in [0.717, 1.165) is 6.07 Å². The van der Waals surface area contributed by atoms with E-state index in [9.17, 15) is 13.2 Å². The SMILES string of the molecule is CC(C)C(c1ccccc1C(F)(F)F)C(C)N. The molecule has 0 saturated carbocycles. The van der Waals surface area contributed by atoms with E-state index in [1.807, 2.05) is 13.8 Å². The summed E-state index contributed by atoms with van der Waals surface area (Å²) in [5.74, 6) is -0.216. The highest BCUT2D eigenvalue weighted by Crippen LogP contribution is 2.38. The van der Waals surface area contributed by atoms with Crippen LogP contribution in [-0.2, 0) is 6.18 Å². The molecule has 96 valence electrons. The lowest BCUT2D eigenvalue weighted by molar-refractivity contribution is -0.138. The quantitative estimate of drug-likeness (QED) is 0.861. The molecule has 2 N–H and O–H groups in total. The highest BCUT2D eigenvalue weighted by Gasteiger charge is 2.36. The molecule has 0 aliphatic carbocycles. The molecule has 0 heterocycles. The average molecular weight is 245 g/mol. The largest absolute Gasteiger partial charge is 0.416 e. The number of halogens is 3. The molecule has 17 heavy (non-hydrogen) atoms. The Balaban J connectivity index is 3.29. The number of benzene rings is 1. The van der Waals surface area contributed by atoms with Crippen LogP contribution in [0.5, 0.6) is 0 Å². The molecule has 4 heteroatoms. The minimum Gasteiger partial charge on any atom is -0.327 e. The second kappa shape index (κ2) is 5.08. The van der Waals surface area contributed by atoms with E-state index in [0.29, 0.717) is 5.56 Å². The van der Waals surface area contributed by atoms with Gasteiger partial charge in [0.05, 0.1) is 5.56 Å². The van der Waals surface area contributed by atoms with Crippen molar-refractivity contribution in [3.63, 3.8) is 0 Å². The lowest BCUT2D eigenvalue weighted by Crippen LogP contribution is -2.30. The highest BCUT2D eigenvalue weighted by molar-refractivity contribution is 5.34. The van der Waals surface area contributed by atoms with Gasteiger partial charge < -0.3 is 5.73 Å². The Morgan fingerprint density at radius 1 is 1.06 bits per heavy atom. The zero-order valence-corrected chi connectivity index (χ0v) is 10.3. The van der Waals surface area contributed by atoms with Crippen LogP contribution in [0.2, 0.25) is 0 Å². The second-order valence-electron chi connectivity index (χ2n) is 4.71. The van der Waals surface area contributed by atoms with Gasteiger partial charge in [0.1, 0.15) is 0 Å². The fraction of sp³-hybridized carbons (Fsp3) is 0.538. The van der Waals surface area contributed by atoms with Crippen molar-refractivity contribution in [2.45, 2.75) is 38.9 Å². The Morgan fingerprint density at radius 2 is 1.59 bits per heavy atom. The Labute approximate surface area is 99.8 Å². The van der Waals surface area contributed by atoms with Crippen molar-refractivity contribution in [2.24, 2.45) is 11.7 Å². The number of nitrogens with two attached hydrogens (primary N) is 1. The molecule has 0 aromatic heterocycles. The van der Waals surface area contributed by atoms with Crippen LogP contribution in [0.25, 0.3) is 0 Å². The Morgan fingerprint density at radius 3 is 2.00 bits per heavy atom. The third-order valence-corrected chi connectivity index (χ3v) is 2.91. The van der Waals surface area contributed by atoms with Crippen molar-refractivity contribution in [3.8, 4) is 0 Å². The lowest BCUT2D eigenvalue weighted by Gasteiger charge is -2.27. The maximum Gasteiger partial charge on any atom is 0.416 e. The molecule has 1 aromatic rings. The van der Waals surface area contributed by atoms with E-state index >= 15 is 0 Å². The predicted octanol–water partition coefficient (Wildman–Crippen LogP) is 3.79. The maximum absolute atomic E-state index is 12.9. The van der Waals surface area contributed by atoms with Crippen LogP contribution in [-0.4, -0.2) is 6.04 Å². The van der Waals surface area contributed by atoms with E-state index < -0.39 is 11.7 Å². The van der Waals surface area contributed by atoms with Gasteiger partial charge in [-0.25, -0.2) is 0 Å². The van der Waals surface area contributed by atoms with Gasteiger partial charge in [-0.15, -0.1) is 0 Å². The molecule has 0 aliphatic rings. The van der Waals surface area contributed by atoms with Gasteiger partial charge in [-0.3, -0.25) is 0 Å². The lowest BCUT2D eigenvalue weighted by atomic mass is 9.81. The summed E-state index contributed by atoms with van der Waals surface area (Å²) in [6, 6.07) is 5.37. The number of alkyl halides is 3. The highest BCUT2D eigenvalue weighted by atomic mass is 19.4. The zero-order valence-electron chi connectivity index (χ0n) is 10.3. The first-order valence-corrected chi connectivity index (χ1v) is 5.67. The van der Waals surface area contributed by atoms with Crippen molar-refractivity contribution < 1.29 is 13.2 Å². The van der Waals surface area contributed by atoms with Gasteiger partial charge in [0.15, 0.2) is 0 Å². The third-order valence-electron chi connectivity index (χ3n) is 2.91. The van der Waals surface area contributed by atoms with E-state index in [1.54, 1.807) is 13.0 Å². The van der Waals surface area contributed by atoms with Crippen LogP contribution in [0, 0.1) is 5.92 Å². The Bertz CT molecular complexity index is 361. The molecule has 0 amide bonds. The number of hydrogen-bond donors (Lipinski definition) is 1. The molecule has 1 nitrogen and oxygen atoms in total. The average Bonchev–Trinajstić information content (AvgIpc) is 2.15. The summed E-state index contributed by atoms with van der Waals surface area (Å²) in [4.78, 5) is 0.